The van der Waals surface area contributed by atoms with Crippen LogP contribution in [0.5, 0.6) is 0 Å². The number of aliphatic hydroxyl groups excluding tert-OH is 1. The van der Waals surface area contributed by atoms with Gasteiger partial charge in [0.2, 0.25) is 5.95 Å². The largest absolute Gasteiger partial charge is 0.394 e. The molecule has 0 aliphatic heterocycles. The van der Waals surface area contributed by atoms with Crippen molar-refractivity contribution in [3.05, 3.63) is 58.8 Å². The maximum Gasteiger partial charge on any atom is 0.225 e. The molecule has 0 saturated heterocycles. The van der Waals surface area contributed by atoms with Gasteiger partial charge in [-0.2, -0.15) is 4.98 Å². The van der Waals surface area contributed by atoms with E-state index < -0.39 is 0 Å². The number of para-hydroxylation sites is 1. The smallest absolute Gasteiger partial charge is 0.225 e. The third-order valence-electron chi connectivity index (χ3n) is 3.57. The summed E-state index contributed by atoms with van der Waals surface area (Å²) in [6.07, 6.45) is 3.39. The van der Waals surface area contributed by atoms with E-state index in [1.807, 2.05) is 19.1 Å². The van der Waals surface area contributed by atoms with Crippen LogP contribution in [0.4, 0.5) is 17.5 Å². The summed E-state index contributed by atoms with van der Waals surface area (Å²) in [5.74, 6) is 0.904. The Labute approximate surface area is 161 Å². The summed E-state index contributed by atoms with van der Waals surface area (Å²) in [6, 6.07) is 10.6. The van der Waals surface area contributed by atoms with Crippen LogP contribution in [0.2, 0.25) is 10.0 Å². The predicted octanol–water partition coefficient (Wildman–Crippen LogP) is 4.38. The van der Waals surface area contributed by atoms with Crippen LogP contribution in [-0.4, -0.2) is 32.7 Å². The number of aromatic nitrogens is 3. The normalized spacial score (nSPS) is 11.8. The lowest BCUT2D eigenvalue weighted by molar-refractivity contribution is 0.281. The van der Waals surface area contributed by atoms with E-state index in [1.165, 1.54) is 0 Å². The summed E-state index contributed by atoms with van der Waals surface area (Å²) in [6.45, 7) is 1.79. The molecule has 3 N–H and O–H groups in total. The van der Waals surface area contributed by atoms with Crippen molar-refractivity contribution in [3.63, 3.8) is 0 Å². The minimum Gasteiger partial charge on any atom is -0.394 e. The lowest BCUT2D eigenvalue weighted by Crippen LogP contribution is -2.21. The van der Waals surface area contributed by atoms with E-state index >= 15 is 0 Å². The molecule has 0 aliphatic carbocycles. The maximum absolute atomic E-state index is 9.28. The van der Waals surface area contributed by atoms with Crippen LogP contribution < -0.4 is 10.6 Å². The first kappa shape index (κ1) is 18.4. The quantitative estimate of drug-likeness (QED) is 0.579. The molecular formula is C18H17Cl2N5O. The van der Waals surface area contributed by atoms with Crippen molar-refractivity contribution in [3.8, 4) is 11.3 Å². The van der Waals surface area contributed by atoms with Gasteiger partial charge >= 0.3 is 0 Å². The lowest BCUT2D eigenvalue weighted by Gasteiger charge is -2.15. The van der Waals surface area contributed by atoms with Crippen LogP contribution in [0.15, 0.2) is 48.8 Å². The monoisotopic (exact) mass is 389 g/mol. The number of hydrogen-bond acceptors (Lipinski definition) is 6. The molecule has 0 bridgehead atoms. The molecule has 1 atom stereocenters. The Morgan fingerprint density at radius 3 is 2.42 bits per heavy atom. The Bertz CT molecular complexity index is 872. The van der Waals surface area contributed by atoms with E-state index in [1.54, 1.807) is 36.7 Å². The van der Waals surface area contributed by atoms with Gasteiger partial charge in [-0.1, -0.05) is 29.3 Å². The molecule has 2 aromatic heterocycles. The number of anilines is 3. The number of hydrogen-bond donors (Lipinski definition) is 3. The van der Waals surface area contributed by atoms with E-state index in [0.717, 1.165) is 5.56 Å². The highest BCUT2D eigenvalue weighted by atomic mass is 35.5. The van der Waals surface area contributed by atoms with Gasteiger partial charge in [0.15, 0.2) is 0 Å². The Kier molecular flexibility index (Phi) is 5.88. The maximum atomic E-state index is 9.28. The van der Waals surface area contributed by atoms with Crippen LogP contribution in [0.1, 0.15) is 6.92 Å². The third kappa shape index (κ3) is 4.40. The van der Waals surface area contributed by atoms with Crippen LogP contribution in [-0.2, 0) is 0 Å². The number of rotatable bonds is 6. The van der Waals surface area contributed by atoms with Gasteiger partial charge in [0, 0.05) is 30.1 Å². The van der Waals surface area contributed by atoms with Gasteiger partial charge in [0.25, 0.3) is 0 Å². The van der Waals surface area contributed by atoms with E-state index in [0.29, 0.717) is 33.2 Å². The van der Waals surface area contributed by atoms with Gasteiger partial charge < -0.3 is 15.7 Å². The molecule has 2 heterocycles. The molecule has 134 valence electrons. The summed E-state index contributed by atoms with van der Waals surface area (Å²) in [5, 5.41) is 16.5. The van der Waals surface area contributed by atoms with Gasteiger partial charge in [-0.05, 0) is 31.2 Å². The topological polar surface area (TPSA) is 83.0 Å². The third-order valence-corrected chi connectivity index (χ3v) is 4.20. The van der Waals surface area contributed by atoms with Gasteiger partial charge in [0.05, 0.1) is 28.0 Å². The second-order valence-electron chi connectivity index (χ2n) is 5.65. The SMILES string of the molecule is C[C@@H](CO)Nc1nc(Nc2c(Cl)cccc2Cl)cc(-c2ccncc2)n1. The zero-order valence-electron chi connectivity index (χ0n) is 13.9. The minimum absolute atomic E-state index is 0.0397. The molecule has 1 aromatic carbocycles. The molecule has 3 rings (SSSR count). The van der Waals surface area contributed by atoms with E-state index in [4.69, 9.17) is 23.2 Å². The molecule has 26 heavy (non-hydrogen) atoms. The molecule has 0 amide bonds. The molecule has 0 spiro atoms. The van der Waals surface area contributed by atoms with Crippen LogP contribution in [0, 0.1) is 0 Å². The molecule has 3 aromatic rings. The highest BCUT2D eigenvalue weighted by Gasteiger charge is 2.12. The fourth-order valence-corrected chi connectivity index (χ4v) is 2.75. The van der Waals surface area contributed by atoms with Crippen molar-refractivity contribution >= 4 is 40.7 Å². The van der Waals surface area contributed by atoms with Gasteiger partial charge in [-0.15, -0.1) is 0 Å². The Morgan fingerprint density at radius 2 is 1.77 bits per heavy atom. The summed E-state index contributed by atoms with van der Waals surface area (Å²) < 4.78 is 0. The Hall–Kier alpha value is -2.41. The average molecular weight is 390 g/mol. The van der Waals surface area contributed by atoms with E-state index in [-0.39, 0.29) is 12.6 Å². The second kappa shape index (κ2) is 8.31. The zero-order valence-corrected chi connectivity index (χ0v) is 15.5. The molecule has 8 heteroatoms. The van der Waals surface area contributed by atoms with Gasteiger partial charge in [-0.25, -0.2) is 4.98 Å². The fourth-order valence-electron chi connectivity index (χ4n) is 2.26. The summed E-state index contributed by atoms with van der Waals surface area (Å²) in [7, 11) is 0. The van der Waals surface area contributed by atoms with Crippen LogP contribution >= 0.6 is 23.2 Å². The standard InChI is InChI=1S/C18H17Cl2N5O/c1-11(10-26)22-18-23-15(12-5-7-21-8-6-12)9-16(25-18)24-17-13(19)3-2-4-14(17)20/h2-9,11,26H,10H2,1H3,(H2,22,23,24,25)/t11-/m0/s1. The molecule has 0 aliphatic rings. The van der Waals surface area contributed by atoms with Gasteiger partial charge in [0.1, 0.15) is 5.82 Å². The van der Waals surface area contributed by atoms with Crippen LogP contribution in [0.25, 0.3) is 11.3 Å². The van der Waals surface area contributed by atoms with Crippen molar-refractivity contribution in [2.75, 3.05) is 17.2 Å². The first-order chi connectivity index (χ1) is 12.6. The molecule has 0 saturated carbocycles. The molecule has 0 fully saturated rings. The van der Waals surface area contributed by atoms with Crippen molar-refractivity contribution in [2.45, 2.75) is 13.0 Å². The summed E-state index contributed by atoms with van der Waals surface area (Å²) in [5.41, 5.74) is 2.15. The Morgan fingerprint density at radius 1 is 1.08 bits per heavy atom. The van der Waals surface area contributed by atoms with E-state index in [9.17, 15) is 5.11 Å². The first-order valence-corrected chi connectivity index (χ1v) is 8.70. The van der Waals surface area contributed by atoms with E-state index in [2.05, 4.69) is 25.6 Å². The molecular weight excluding hydrogens is 373 g/mol. The molecule has 0 radical (unpaired) electrons. The van der Waals surface area contributed by atoms with Crippen molar-refractivity contribution < 1.29 is 5.11 Å². The number of nitrogens with zero attached hydrogens (tertiary/aromatic N) is 3. The highest BCUT2D eigenvalue weighted by molar-refractivity contribution is 6.39. The number of aliphatic hydroxyl groups is 1. The summed E-state index contributed by atoms with van der Waals surface area (Å²) in [4.78, 5) is 13.0. The first-order valence-electron chi connectivity index (χ1n) is 7.94. The van der Waals surface area contributed by atoms with Crippen molar-refractivity contribution in [1.82, 2.24) is 15.0 Å². The highest BCUT2D eigenvalue weighted by Crippen LogP contribution is 2.33. The minimum atomic E-state index is -0.195. The zero-order chi connectivity index (χ0) is 18.5. The number of nitrogens with one attached hydrogen (secondary N) is 2. The summed E-state index contributed by atoms with van der Waals surface area (Å²) >= 11 is 12.5. The second-order valence-corrected chi connectivity index (χ2v) is 6.46. The predicted molar refractivity (Wildman–Crippen MR) is 105 cm³/mol. The molecule has 6 nitrogen and oxygen atoms in total. The fraction of sp³-hybridized carbons (Fsp3) is 0.167. The number of halogens is 2. The van der Waals surface area contributed by atoms with Crippen molar-refractivity contribution in [1.29, 1.82) is 0 Å². The van der Waals surface area contributed by atoms with Gasteiger partial charge in [-0.3, -0.25) is 4.98 Å². The van der Waals surface area contributed by atoms with Crippen LogP contribution in [0.3, 0.4) is 0 Å². The molecule has 0 unspecified atom stereocenters. The average Bonchev–Trinajstić information content (AvgIpc) is 2.65. The number of benzene rings is 1. The van der Waals surface area contributed by atoms with Crippen molar-refractivity contribution in [2.24, 2.45) is 0 Å². The number of pyridine rings is 1. The Balaban J connectivity index is 2.02. The lowest BCUT2D eigenvalue weighted by atomic mass is 10.2.